The third-order valence-corrected chi connectivity index (χ3v) is 7.15. The van der Waals surface area contributed by atoms with E-state index in [9.17, 15) is 14.7 Å². The summed E-state index contributed by atoms with van der Waals surface area (Å²) in [5.74, 6) is 1.11. The van der Waals surface area contributed by atoms with Crippen LogP contribution in [0.3, 0.4) is 0 Å². The van der Waals surface area contributed by atoms with Gasteiger partial charge in [-0.05, 0) is 44.6 Å². The zero-order chi connectivity index (χ0) is 23.1. The van der Waals surface area contributed by atoms with Gasteiger partial charge in [-0.2, -0.15) is 0 Å². The van der Waals surface area contributed by atoms with Crippen LogP contribution in [0.2, 0.25) is 0 Å². The lowest BCUT2D eigenvalue weighted by atomic mass is 9.77. The molecule has 6 rings (SSSR count). The van der Waals surface area contributed by atoms with Crippen molar-refractivity contribution < 1.29 is 19.4 Å². The van der Waals surface area contributed by atoms with E-state index in [1.165, 1.54) is 0 Å². The fourth-order valence-corrected chi connectivity index (χ4v) is 5.43. The predicted octanol–water partition coefficient (Wildman–Crippen LogP) is 2.33. The molecule has 8 heteroatoms. The van der Waals surface area contributed by atoms with Crippen LogP contribution in [0.1, 0.15) is 42.0 Å². The summed E-state index contributed by atoms with van der Waals surface area (Å²) in [5, 5.41) is 12.2. The second kappa shape index (κ2) is 6.88. The second-order valence-corrected chi connectivity index (χ2v) is 9.33. The largest absolute Gasteiger partial charge is 0.454 e. The Morgan fingerprint density at radius 2 is 1.88 bits per heavy atom. The topological polar surface area (TPSA) is 93.9 Å². The van der Waals surface area contributed by atoms with Gasteiger partial charge < -0.3 is 24.0 Å². The summed E-state index contributed by atoms with van der Waals surface area (Å²) < 4.78 is 12.9. The molecule has 0 unspecified atom stereocenters. The molecule has 33 heavy (non-hydrogen) atoms. The zero-order valence-electron chi connectivity index (χ0n) is 18.9. The molecule has 0 spiro atoms. The van der Waals surface area contributed by atoms with E-state index in [2.05, 4.69) is 4.90 Å². The smallest absolute Gasteiger partial charge is 0.254 e. The van der Waals surface area contributed by atoms with E-state index in [0.29, 0.717) is 47.8 Å². The highest BCUT2D eigenvalue weighted by Gasteiger charge is 2.43. The molecule has 3 aliphatic rings. The number of carbonyl (C=O) groups is 1. The fraction of sp³-hybridized carbons (Fsp3) is 0.400. The van der Waals surface area contributed by atoms with Crippen molar-refractivity contribution in [2.45, 2.75) is 44.9 Å². The molecule has 1 aromatic carbocycles. The monoisotopic (exact) mass is 447 g/mol. The highest BCUT2D eigenvalue weighted by atomic mass is 16.7. The van der Waals surface area contributed by atoms with Crippen LogP contribution in [0, 0.1) is 0 Å². The van der Waals surface area contributed by atoms with E-state index in [1.54, 1.807) is 11.5 Å². The Kier molecular flexibility index (Phi) is 4.25. The lowest BCUT2D eigenvalue weighted by Crippen LogP contribution is -2.43. The lowest BCUT2D eigenvalue weighted by molar-refractivity contribution is -0.140. The Hall–Kier alpha value is -3.23. The first-order valence-corrected chi connectivity index (χ1v) is 11.2. The predicted molar refractivity (Wildman–Crippen MR) is 122 cm³/mol. The van der Waals surface area contributed by atoms with Crippen molar-refractivity contribution in [1.29, 1.82) is 0 Å². The molecule has 170 valence electrons. The van der Waals surface area contributed by atoms with Crippen molar-refractivity contribution in [2.24, 2.45) is 0 Å². The van der Waals surface area contributed by atoms with E-state index in [4.69, 9.17) is 14.5 Å². The summed E-state index contributed by atoms with van der Waals surface area (Å²) in [7, 11) is 4.01. The fourth-order valence-electron chi connectivity index (χ4n) is 5.43. The summed E-state index contributed by atoms with van der Waals surface area (Å²) in [4.78, 5) is 33.2. The van der Waals surface area contributed by atoms with Gasteiger partial charge in [0.2, 0.25) is 6.79 Å². The maximum atomic E-state index is 13.5. The number of Topliss-reactive ketones (excluding diaryl/α,β-unsaturated/α-hetero) is 1. The first-order chi connectivity index (χ1) is 15.8. The summed E-state index contributed by atoms with van der Waals surface area (Å²) >= 11 is 0. The van der Waals surface area contributed by atoms with Gasteiger partial charge in [-0.1, -0.05) is 6.92 Å². The number of fused-ring (bicyclic) bond motifs is 6. The number of carbonyl (C=O) groups excluding carboxylic acids is 1. The SMILES string of the molecule is CC[C@@]1(O)C(=O)CCc2c1cc1n(c2=O)Cc2c-1nc1cc3c(cc1c2CN(C)C)OCO3. The molecule has 0 fully saturated rings. The molecule has 2 aromatic heterocycles. The van der Waals surface area contributed by atoms with Crippen LogP contribution in [0.4, 0.5) is 0 Å². The number of aliphatic hydroxyl groups is 1. The first kappa shape index (κ1) is 20.4. The van der Waals surface area contributed by atoms with Crippen molar-refractivity contribution in [3.63, 3.8) is 0 Å². The molecule has 2 aliphatic heterocycles. The first-order valence-electron chi connectivity index (χ1n) is 11.2. The van der Waals surface area contributed by atoms with Crippen LogP contribution in [-0.2, 0) is 29.9 Å². The molecule has 8 nitrogen and oxygen atoms in total. The van der Waals surface area contributed by atoms with Gasteiger partial charge in [-0.25, -0.2) is 4.98 Å². The van der Waals surface area contributed by atoms with Crippen LogP contribution in [0.15, 0.2) is 23.0 Å². The molecule has 0 amide bonds. The Morgan fingerprint density at radius 1 is 1.12 bits per heavy atom. The second-order valence-electron chi connectivity index (χ2n) is 9.33. The van der Waals surface area contributed by atoms with Crippen molar-refractivity contribution in [1.82, 2.24) is 14.5 Å². The maximum Gasteiger partial charge on any atom is 0.254 e. The minimum atomic E-state index is -1.62. The summed E-state index contributed by atoms with van der Waals surface area (Å²) in [6.07, 6.45) is 0.765. The summed E-state index contributed by atoms with van der Waals surface area (Å²) in [6, 6.07) is 5.66. The van der Waals surface area contributed by atoms with Gasteiger partial charge in [0.05, 0.1) is 23.4 Å². The number of ether oxygens (including phenoxy) is 2. The van der Waals surface area contributed by atoms with Crippen LogP contribution in [0.25, 0.3) is 22.3 Å². The number of hydrogen-bond donors (Lipinski definition) is 1. The number of rotatable bonds is 3. The van der Waals surface area contributed by atoms with Crippen LogP contribution in [-0.4, -0.2) is 46.2 Å². The van der Waals surface area contributed by atoms with E-state index in [-0.39, 0.29) is 31.0 Å². The molecular weight excluding hydrogens is 422 g/mol. The molecule has 1 atom stereocenters. The molecule has 1 N–H and O–H groups in total. The highest BCUT2D eigenvalue weighted by Crippen LogP contribution is 2.43. The van der Waals surface area contributed by atoms with Crippen molar-refractivity contribution in [2.75, 3.05) is 20.9 Å². The standard InChI is InChI=1S/C25H25N3O5/c1-4-25(31)17-8-19-23-16(11-28(19)24(30)13(17)5-6-22(25)29)15(10-27(2)3)14-7-20-21(33-12-32-20)9-18(14)26-23/h7-9,31H,4-6,10-12H2,1-3H3/t25-/m0/s1. The van der Waals surface area contributed by atoms with E-state index < -0.39 is 5.60 Å². The van der Waals surface area contributed by atoms with Gasteiger partial charge in [0.15, 0.2) is 17.3 Å². The minimum absolute atomic E-state index is 0.145. The van der Waals surface area contributed by atoms with E-state index >= 15 is 0 Å². The van der Waals surface area contributed by atoms with Crippen molar-refractivity contribution >= 4 is 16.7 Å². The number of benzene rings is 1. The van der Waals surface area contributed by atoms with Gasteiger partial charge >= 0.3 is 0 Å². The van der Waals surface area contributed by atoms with Crippen LogP contribution in [0.5, 0.6) is 11.5 Å². The van der Waals surface area contributed by atoms with Gasteiger partial charge in [-0.3, -0.25) is 9.59 Å². The maximum absolute atomic E-state index is 13.5. The Balaban J connectivity index is 1.65. The van der Waals surface area contributed by atoms with Crippen LogP contribution < -0.4 is 15.0 Å². The highest BCUT2D eigenvalue weighted by molar-refractivity contribution is 5.93. The Labute approximate surface area is 190 Å². The Bertz CT molecular complexity index is 1420. The number of ketones is 1. The van der Waals surface area contributed by atoms with Gasteiger partial charge in [-0.15, -0.1) is 0 Å². The average Bonchev–Trinajstić information content (AvgIpc) is 3.39. The van der Waals surface area contributed by atoms with Gasteiger partial charge in [0, 0.05) is 41.1 Å². The number of hydrogen-bond acceptors (Lipinski definition) is 7. The molecule has 4 heterocycles. The molecule has 0 radical (unpaired) electrons. The average molecular weight is 447 g/mol. The molecule has 0 saturated heterocycles. The number of aromatic nitrogens is 2. The molecule has 0 bridgehead atoms. The van der Waals surface area contributed by atoms with Gasteiger partial charge in [0.25, 0.3) is 5.56 Å². The third kappa shape index (κ3) is 2.74. The van der Waals surface area contributed by atoms with Gasteiger partial charge in [0.1, 0.15) is 5.60 Å². The van der Waals surface area contributed by atoms with Crippen molar-refractivity contribution in [3.05, 3.63) is 50.8 Å². The summed E-state index contributed by atoms with van der Waals surface area (Å²) in [6.45, 7) is 3.04. The summed E-state index contributed by atoms with van der Waals surface area (Å²) in [5.41, 5.74) is 3.40. The zero-order valence-corrected chi connectivity index (χ0v) is 18.9. The van der Waals surface area contributed by atoms with Crippen LogP contribution >= 0.6 is 0 Å². The molecular formula is C25H25N3O5. The normalized spacial score (nSPS) is 20.3. The quantitative estimate of drug-likeness (QED) is 0.515. The van der Waals surface area contributed by atoms with E-state index in [1.807, 2.05) is 32.3 Å². The lowest BCUT2D eigenvalue weighted by Gasteiger charge is -2.32. The van der Waals surface area contributed by atoms with E-state index in [0.717, 1.165) is 27.7 Å². The third-order valence-electron chi connectivity index (χ3n) is 7.15. The molecule has 0 saturated carbocycles. The molecule has 3 aromatic rings. The number of nitrogens with zero attached hydrogens (tertiary/aromatic N) is 3. The Morgan fingerprint density at radius 3 is 2.61 bits per heavy atom. The minimum Gasteiger partial charge on any atom is -0.454 e. The molecule has 1 aliphatic carbocycles. The number of pyridine rings is 2. The van der Waals surface area contributed by atoms with Crippen molar-refractivity contribution in [3.8, 4) is 22.9 Å².